The molecule has 1 N–H and O–H groups in total. The molecule has 0 saturated carbocycles. The Morgan fingerprint density at radius 1 is 1.33 bits per heavy atom. The minimum absolute atomic E-state index is 0.308. The second-order valence-electron chi connectivity index (χ2n) is 5.43. The number of benzene rings is 1. The highest BCUT2D eigenvalue weighted by atomic mass is 79.9. The zero-order valence-corrected chi connectivity index (χ0v) is 14.9. The normalized spacial score (nSPS) is 16.2. The molecule has 1 aliphatic heterocycles. The topological polar surface area (TPSA) is 32.3 Å². The molecule has 116 valence electrons. The molecule has 0 bridgehead atoms. The second kappa shape index (κ2) is 8.81. The Balaban J connectivity index is 1.67. The van der Waals surface area contributed by atoms with E-state index in [4.69, 9.17) is 0 Å². The number of piperidine rings is 1. The fourth-order valence-electron chi connectivity index (χ4n) is 2.62. The van der Waals surface area contributed by atoms with Gasteiger partial charge in [-0.3, -0.25) is 4.79 Å². The van der Waals surface area contributed by atoms with Crippen LogP contribution in [-0.2, 0) is 4.79 Å². The van der Waals surface area contributed by atoms with Gasteiger partial charge in [0.05, 0.1) is 0 Å². The molecule has 1 aliphatic rings. The van der Waals surface area contributed by atoms with Crippen LogP contribution in [0.4, 0.5) is 0 Å². The number of hydrogen-bond donors (Lipinski definition) is 1. The molecule has 0 unspecified atom stereocenters. The standard InChI is InChI=1S/C16H23BrN2OS/c1-18-12-13-6-9-19(10-7-13)16(20)8-11-21-15-4-2-14(17)3-5-15/h2-5,13,18H,6-12H2,1H3. The number of halogens is 1. The first-order chi connectivity index (χ1) is 10.2. The number of nitrogens with zero attached hydrogens (tertiary/aromatic N) is 1. The lowest BCUT2D eigenvalue weighted by atomic mass is 9.97. The Kier molecular flexibility index (Phi) is 7.07. The summed E-state index contributed by atoms with van der Waals surface area (Å²) in [5.74, 6) is 1.90. The Bertz CT molecular complexity index is 444. The fourth-order valence-corrected chi connectivity index (χ4v) is 3.73. The number of likely N-dealkylation sites (tertiary alicyclic amines) is 1. The highest BCUT2D eigenvalue weighted by Gasteiger charge is 2.21. The molecular formula is C16H23BrN2OS. The molecule has 1 heterocycles. The Hall–Kier alpha value is -0.520. The molecule has 3 nitrogen and oxygen atoms in total. The van der Waals surface area contributed by atoms with Crippen molar-refractivity contribution in [3.05, 3.63) is 28.7 Å². The molecule has 0 spiro atoms. The first kappa shape index (κ1) is 16.8. The minimum Gasteiger partial charge on any atom is -0.343 e. The van der Waals surface area contributed by atoms with E-state index in [0.29, 0.717) is 12.3 Å². The van der Waals surface area contributed by atoms with Crippen LogP contribution in [0.2, 0.25) is 0 Å². The van der Waals surface area contributed by atoms with Gasteiger partial charge in [-0.15, -0.1) is 11.8 Å². The molecule has 1 aromatic carbocycles. The second-order valence-corrected chi connectivity index (χ2v) is 7.52. The largest absolute Gasteiger partial charge is 0.343 e. The first-order valence-electron chi connectivity index (χ1n) is 7.50. The lowest BCUT2D eigenvalue weighted by Gasteiger charge is -2.32. The van der Waals surface area contributed by atoms with Crippen LogP contribution in [-0.4, -0.2) is 43.2 Å². The Morgan fingerprint density at radius 3 is 2.62 bits per heavy atom. The van der Waals surface area contributed by atoms with E-state index in [1.807, 2.05) is 24.1 Å². The van der Waals surface area contributed by atoms with E-state index < -0.39 is 0 Å². The number of thioether (sulfide) groups is 1. The summed E-state index contributed by atoms with van der Waals surface area (Å²) in [5.41, 5.74) is 0. The van der Waals surface area contributed by atoms with Crippen molar-refractivity contribution < 1.29 is 4.79 Å². The summed E-state index contributed by atoms with van der Waals surface area (Å²) in [6.45, 7) is 2.92. The van der Waals surface area contributed by atoms with Gasteiger partial charge in [-0.2, -0.15) is 0 Å². The predicted molar refractivity (Wildman–Crippen MR) is 92.7 cm³/mol. The van der Waals surface area contributed by atoms with Crippen molar-refractivity contribution in [2.75, 3.05) is 32.4 Å². The SMILES string of the molecule is CNCC1CCN(C(=O)CCSc2ccc(Br)cc2)CC1. The third-order valence-electron chi connectivity index (χ3n) is 3.86. The molecule has 21 heavy (non-hydrogen) atoms. The summed E-state index contributed by atoms with van der Waals surface area (Å²) >= 11 is 5.18. The molecule has 0 radical (unpaired) electrons. The maximum absolute atomic E-state index is 12.2. The van der Waals surface area contributed by atoms with E-state index in [2.05, 4.69) is 33.4 Å². The summed E-state index contributed by atoms with van der Waals surface area (Å²) in [6, 6.07) is 8.25. The fraction of sp³-hybridized carbons (Fsp3) is 0.562. The average molecular weight is 371 g/mol. The van der Waals surface area contributed by atoms with Crippen LogP contribution in [0, 0.1) is 5.92 Å². The summed E-state index contributed by atoms with van der Waals surface area (Å²) in [4.78, 5) is 15.5. The van der Waals surface area contributed by atoms with E-state index >= 15 is 0 Å². The Labute approximate surface area is 140 Å². The maximum Gasteiger partial charge on any atom is 0.223 e. The van der Waals surface area contributed by atoms with Crippen molar-refractivity contribution in [3.8, 4) is 0 Å². The third-order valence-corrected chi connectivity index (χ3v) is 5.40. The molecule has 0 atom stereocenters. The number of rotatable bonds is 6. The van der Waals surface area contributed by atoms with Crippen molar-refractivity contribution in [2.45, 2.75) is 24.2 Å². The minimum atomic E-state index is 0.308. The van der Waals surface area contributed by atoms with Crippen LogP contribution in [0.5, 0.6) is 0 Å². The quantitative estimate of drug-likeness (QED) is 0.778. The number of hydrogen-bond acceptors (Lipinski definition) is 3. The van der Waals surface area contributed by atoms with Crippen LogP contribution in [0.1, 0.15) is 19.3 Å². The van der Waals surface area contributed by atoms with Gasteiger partial charge in [0.25, 0.3) is 0 Å². The van der Waals surface area contributed by atoms with Gasteiger partial charge in [-0.1, -0.05) is 15.9 Å². The van der Waals surface area contributed by atoms with E-state index in [1.165, 1.54) is 4.90 Å². The molecule has 1 fully saturated rings. The molecule has 5 heteroatoms. The van der Waals surface area contributed by atoms with E-state index in [-0.39, 0.29) is 0 Å². The number of nitrogens with one attached hydrogen (secondary N) is 1. The van der Waals surface area contributed by atoms with Gasteiger partial charge in [-0.25, -0.2) is 0 Å². The van der Waals surface area contributed by atoms with E-state index in [1.54, 1.807) is 11.8 Å². The molecule has 0 aromatic heterocycles. The molecule has 1 saturated heterocycles. The van der Waals surface area contributed by atoms with Crippen LogP contribution >= 0.6 is 27.7 Å². The van der Waals surface area contributed by atoms with Crippen LogP contribution < -0.4 is 5.32 Å². The van der Waals surface area contributed by atoms with Crippen molar-refractivity contribution in [2.24, 2.45) is 5.92 Å². The highest BCUT2D eigenvalue weighted by Crippen LogP contribution is 2.22. The van der Waals surface area contributed by atoms with Crippen LogP contribution in [0.15, 0.2) is 33.6 Å². The van der Waals surface area contributed by atoms with Crippen molar-refractivity contribution >= 4 is 33.6 Å². The van der Waals surface area contributed by atoms with Gasteiger partial charge in [0.2, 0.25) is 5.91 Å². The van der Waals surface area contributed by atoms with E-state index in [9.17, 15) is 4.79 Å². The van der Waals surface area contributed by atoms with Crippen molar-refractivity contribution in [1.29, 1.82) is 0 Å². The molecule has 2 rings (SSSR count). The lowest BCUT2D eigenvalue weighted by molar-refractivity contribution is -0.132. The van der Waals surface area contributed by atoms with Gasteiger partial charge in [0.15, 0.2) is 0 Å². The van der Waals surface area contributed by atoms with Crippen molar-refractivity contribution in [1.82, 2.24) is 10.2 Å². The first-order valence-corrected chi connectivity index (χ1v) is 9.27. The van der Waals surface area contributed by atoms with Crippen LogP contribution in [0.3, 0.4) is 0 Å². The summed E-state index contributed by atoms with van der Waals surface area (Å²) in [5, 5.41) is 3.23. The average Bonchev–Trinajstić information content (AvgIpc) is 2.50. The maximum atomic E-state index is 12.2. The molecular weight excluding hydrogens is 348 g/mol. The zero-order chi connectivity index (χ0) is 15.1. The van der Waals surface area contributed by atoms with Crippen molar-refractivity contribution in [3.63, 3.8) is 0 Å². The molecule has 1 aromatic rings. The van der Waals surface area contributed by atoms with Gasteiger partial charge in [-0.05, 0) is 56.6 Å². The monoisotopic (exact) mass is 370 g/mol. The number of carbonyl (C=O) groups is 1. The van der Waals surface area contributed by atoms with Gasteiger partial charge in [0, 0.05) is 34.6 Å². The highest BCUT2D eigenvalue weighted by molar-refractivity contribution is 9.10. The summed E-state index contributed by atoms with van der Waals surface area (Å²) < 4.78 is 1.09. The van der Waals surface area contributed by atoms with Gasteiger partial charge >= 0.3 is 0 Å². The third kappa shape index (κ3) is 5.64. The predicted octanol–water partition coefficient (Wildman–Crippen LogP) is 3.39. The van der Waals surface area contributed by atoms with Crippen LogP contribution in [0.25, 0.3) is 0 Å². The van der Waals surface area contributed by atoms with Gasteiger partial charge < -0.3 is 10.2 Å². The summed E-state index contributed by atoms with van der Waals surface area (Å²) in [7, 11) is 2.00. The smallest absolute Gasteiger partial charge is 0.223 e. The van der Waals surface area contributed by atoms with E-state index in [0.717, 1.165) is 48.6 Å². The lowest BCUT2D eigenvalue weighted by Crippen LogP contribution is -2.40. The number of amides is 1. The zero-order valence-electron chi connectivity index (χ0n) is 12.5. The Morgan fingerprint density at radius 2 is 2.00 bits per heavy atom. The van der Waals surface area contributed by atoms with Gasteiger partial charge in [0.1, 0.15) is 0 Å². The summed E-state index contributed by atoms with van der Waals surface area (Å²) in [6.07, 6.45) is 2.90. The molecule has 0 aliphatic carbocycles. The molecule has 1 amide bonds. The number of carbonyl (C=O) groups excluding carboxylic acids is 1.